The summed E-state index contributed by atoms with van der Waals surface area (Å²) in [5, 5.41) is 5.02. The lowest BCUT2D eigenvalue weighted by Gasteiger charge is -2.23. The van der Waals surface area contributed by atoms with Gasteiger partial charge in [0, 0.05) is 19.9 Å². The fraction of sp³-hybridized carbons (Fsp3) is 0.312. The Labute approximate surface area is 152 Å². The topological polar surface area (TPSA) is 32.3 Å². The molecule has 1 unspecified atom stereocenters. The number of carbonyl (C=O) groups is 1. The summed E-state index contributed by atoms with van der Waals surface area (Å²) in [7, 11) is 1.96. The first-order valence-corrected chi connectivity index (χ1v) is 9.34. The number of nitrogens with one attached hydrogen (secondary N) is 1. The van der Waals surface area contributed by atoms with E-state index in [1.54, 1.807) is 11.3 Å². The van der Waals surface area contributed by atoms with Gasteiger partial charge in [0.15, 0.2) is 0 Å². The third-order valence-corrected chi connectivity index (χ3v) is 5.75. The summed E-state index contributed by atoms with van der Waals surface area (Å²) in [5.41, 5.74) is 1.90. The van der Waals surface area contributed by atoms with Crippen molar-refractivity contribution in [3.63, 3.8) is 0 Å². The van der Waals surface area contributed by atoms with Crippen LogP contribution in [0.25, 0.3) is 0 Å². The van der Waals surface area contributed by atoms with Crippen LogP contribution in [-0.2, 0) is 4.79 Å². The van der Waals surface area contributed by atoms with Crippen LogP contribution in [0.2, 0.25) is 0 Å². The molecule has 0 saturated carbocycles. The highest BCUT2D eigenvalue weighted by atomic mass is 79.9. The van der Waals surface area contributed by atoms with Crippen LogP contribution in [0.1, 0.15) is 23.4 Å². The summed E-state index contributed by atoms with van der Waals surface area (Å²) in [5.74, 6) is -0.0313. The number of benzene rings is 1. The first-order chi connectivity index (χ1) is 10.4. The van der Waals surface area contributed by atoms with E-state index >= 15 is 0 Å². The van der Waals surface area contributed by atoms with Gasteiger partial charge in [-0.2, -0.15) is 0 Å². The van der Waals surface area contributed by atoms with Crippen LogP contribution in [0.15, 0.2) is 38.6 Å². The fourth-order valence-electron chi connectivity index (χ4n) is 2.11. The monoisotopic (exact) mass is 444 g/mol. The lowest BCUT2D eigenvalue weighted by atomic mass is 10.2. The second-order valence-corrected chi connectivity index (χ2v) is 7.95. The minimum absolute atomic E-state index is 0.0313. The summed E-state index contributed by atoms with van der Waals surface area (Å²) in [6.07, 6.45) is 0. The van der Waals surface area contributed by atoms with Crippen molar-refractivity contribution in [1.29, 1.82) is 0 Å². The molecule has 0 spiro atoms. The number of anilines is 1. The Morgan fingerprint density at radius 2 is 2.00 bits per heavy atom. The number of nitrogens with zero attached hydrogens (tertiary/aromatic N) is 1. The van der Waals surface area contributed by atoms with Gasteiger partial charge in [-0.3, -0.25) is 9.69 Å². The minimum Gasteiger partial charge on any atom is -0.323 e. The molecule has 22 heavy (non-hydrogen) atoms. The van der Waals surface area contributed by atoms with Crippen molar-refractivity contribution in [2.45, 2.75) is 19.9 Å². The fourth-order valence-corrected chi connectivity index (χ4v) is 4.57. The zero-order valence-electron chi connectivity index (χ0n) is 12.7. The molecule has 1 amide bonds. The van der Waals surface area contributed by atoms with Crippen LogP contribution >= 0.6 is 43.2 Å². The molecule has 6 heteroatoms. The normalized spacial score (nSPS) is 12.5. The molecule has 0 bridgehead atoms. The largest absolute Gasteiger partial charge is 0.323 e. The molecule has 0 saturated heterocycles. The van der Waals surface area contributed by atoms with Crippen molar-refractivity contribution in [1.82, 2.24) is 4.90 Å². The average Bonchev–Trinajstić information content (AvgIpc) is 2.95. The standard InChI is InChI=1S/C16H18Br2N2OS/c1-10-7-12(17)16(13(18)8-10)19-15(21)9-20(3)11(2)14-5-4-6-22-14/h4-8,11H,9H2,1-3H3,(H,19,21). The summed E-state index contributed by atoms with van der Waals surface area (Å²) in [6.45, 7) is 4.46. The van der Waals surface area contributed by atoms with Crippen molar-refractivity contribution in [3.05, 3.63) is 49.0 Å². The first-order valence-electron chi connectivity index (χ1n) is 6.87. The molecular formula is C16H18Br2N2OS. The third kappa shape index (κ3) is 4.41. The summed E-state index contributed by atoms with van der Waals surface area (Å²) in [4.78, 5) is 15.6. The lowest BCUT2D eigenvalue weighted by Crippen LogP contribution is -2.32. The van der Waals surface area contributed by atoms with Gasteiger partial charge in [-0.05, 0) is 81.9 Å². The van der Waals surface area contributed by atoms with E-state index in [4.69, 9.17) is 0 Å². The Balaban J connectivity index is 2.01. The number of carbonyl (C=O) groups excluding carboxylic acids is 1. The third-order valence-electron chi connectivity index (χ3n) is 3.46. The molecular weight excluding hydrogens is 428 g/mol. The highest BCUT2D eigenvalue weighted by Crippen LogP contribution is 2.32. The van der Waals surface area contributed by atoms with Crippen LogP contribution < -0.4 is 5.32 Å². The maximum atomic E-state index is 12.3. The Morgan fingerprint density at radius 3 is 2.55 bits per heavy atom. The number of thiophene rings is 1. The van der Waals surface area contributed by atoms with E-state index in [1.165, 1.54) is 4.88 Å². The second kappa shape index (κ2) is 7.73. The van der Waals surface area contributed by atoms with Gasteiger partial charge in [0.25, 0.3) is 0 Å². The molecule has 1 aromatic carbocycles. The smallest absolute Gasteiger partial charge is 0.238 e. The Kier molecular flexibility index (Phi) is 6.20. The van der Waals surface area contributed by atoms with Crippen molar-refractivity contribution in [3.8, 4) is 0 Å². The number of likely N-dealkylation sites (N-methyl/N-ethyl adjacent to an activating group) is 1. The number of amides is 1. The SMILES string of the molecule is Cc1cc(Br)c(NC(=O)CN(C)C(C)c2cccs2)c(Br)c1. The molecule has 2 rings (SSSR count). The van der Waals surface area contributed by atoms with Gasteiger partial charge in [0.05, 0.1) is 12.2 Å². The van der Waals surface area contributed by atoms with Gasteiger partial charge in [-0.1, -0.05) is 6.07 Å². The molecule has 0 aliphatic carbocycles. The van der Waals surface area contributed by atoms with Gasteiger partial charge in [-0.15, -0.1) is 11.3 Å². The van der Waals surface area contributed by atoms with Crippen LogP contribution in [0.4, 0.5) is 5.69 Å². The molecule has 2 aromatic rings. The molecule has 3 nitrogen and oxygen atoms in total. The molecule has 1 atom stereocenters. The van der Waals surface area contributed by atoms with Crippen LogP contribution in [0.3, 0.4) is 0 Å². The molecule has 1 aromatic heterocycles. The number of hydrogen-bond donors (Lipinski definition) is 1. The number of hydrogen-bond acceptors (Lipinski definition) is 3. The van der Waals surface area contributed by atoms with Crippen LogP contribution in [0.5, 0.6) is 0 Å². The van der Waals surface area contributed by atoms with Gasteiger partial charge in [-0.25, -0.2) is 0 Å². The van der Waals surface area contributed by atoms with Crippen molar-refractivity contribution in [2.75, 3.05) is 18.9 Å². The first kappa shape index (κ1) is 17.7. The van der Waals surface area contributed by atoms with Gasteiger partial charge >= 0.3 is 0 Å². The van der Waals surface area contributed by atoms with E-state index in [0.29, 0.717) is 6.54 Å². The predicted molar refractivity (Wildman–Crippen MR) is 101 cm³/mol. The van der Waals surface area contributed by atoms with Gasteiger partial charge in [0.1, 0.15) is 0 Å². The molecule has 0 radical (unpaired) electrons. The summed E-state index contributed by atoms with van der Waals surface area (Å²) >= 11 is 8.70. The number of rotatable bonds is 5. The van der Waals surface area contributed by atoms with Gasteiger partial charge in [0.2, 0.25) is 5.91 Å². The van der Waals surface area contributed by atoms with Crippen LogP contribution in [0, 0.1) is 6.92 Å². The van der Waals surface area contributed by atoms with E-state index in [-0.39, 0.29) is 11.9 Å². The molecule has 0 fully saturated rings. The molecule has 1 N–H and O–H groups in total. The predicted octanol–water partition coefficient (Wildman–Crippen LogP) is 5.21. The Hall–Kier alpha value is -0.690. The number of halogens is 2. The van der Waals surface area contributed by atoms with E-state index in [9.17, 15) is 4.79 Å². The molecule has 118 valence electrons. The molecule has 1 heterocycles. The second-order valence-electron chi connectivity index (χ2n) is 5.26. The van der Waals surface area contributed by atoms with Gasteiger partial charge < -0.3 is 5.32 Å². The number of aryl methyl sites for hydroxylation is 1. The maximum absolute atomic E-state index is 12.3. The van der Waals surface area contributed by atoms with E-state index in [1.807, 2.05) is 37.1 Å². The molecule has 0 aliphatic rings. The van der Waals surface area contributed by atoms with E-state index < -0.39 is 0 Å². The van der Waals surface area contributed by atoms with Crippen molar-refractivity contribution < 1.29 is 4.79 Å². The average molecular weight is 446 g/mol. The molecule has 0 aliphatic heterocycles. The van der Waals surface area contributed by atoms with E-state index in [2.05, 4.69) is 55.5 Å². The quantitative estimate of drug-likeness (QED) is 0.684. The zero-order valence-corrected chi connectivity index (χ0v) is 16.7. The highest BCUT2D eigenvalue weighted by Gasteiger charge is 2.17. The zero-order chi connectivity index (χ0) is 16.3. The van der Waals surface area contributed by atoms with E-state index in [0.717, 1.165) is 20.2 Å². The minimum atomic E-state index is -0.0313. The Morgan fingerprint density at radius 1 is 1.36 bits per heavy atom. The summed E-state index contributed by atoms with van der Waals surface area (Å²) in [6, 6.07) is 8.31. The maximum Gasteiger partial charge on any atom is 0.238 e. The highest BCUT2D eigenvalue weighted by molar-refractivity contribution is 9.11. The van der Waals surface area contributed by atoms with Crippen molar-refractivity contribution in [2.24, 2.45) is 0 Å². The lowest BCUT2D eigenvalue weighted by molar-refractivity contribution is -0.117. The van der Waals surface area contributed by atoms with Crippen LogP contribution in [-0.4, -0.2) is 24.4 Å². The Bertz CT molecular complexity index is 635. The van der Waals surface area contributed by atoms with Crippen molar-refractivity contribution >= 4 is 54.8 Å². The summed E-state index contributed by atoms with van der Waals surface area (Å²) < 4.78 is 1.75.